The number of carbonyl (C=O) groups excluding carboxylic acids is 1. The normalized spacial score (nSPS) is 14.2. The number of amides is 1. The third kappa shape index (κ3) is 6.18. The van der Waals surface area contributed by atoms with Crippen LogP contribution >= 0.6 is 11.3 Å². The molecule has 8 nitrogen and oxygen atoms in total. The zero-order chi connectivity index (χ0) is 31.3. The van der Waals surface area contributed by atoms with E-state index in [4.69, 9.17) is 14.5 Å². The first-order valence-electron chi connectivity index (χ1n) is 14.2. The van der Waals surface area contributed by atoms with Gasteiger partial charge in [0.15, 0.2) is 4.80 Å². The van der Waals surface area contributed by atoms with E-state index < -0.39 is 6.04 Å². The Morgan fingerprint density at radius 1 is 1.00 bits per heavy atom. The summed E-state index contributed by atoms with van der Waals surface area (Å²) in [7, 11) is 1.58. The van der Waals surface area contributed by atoms with Gasteiger partial charge < -0.3 is 14.8 Å². The smallest absolute Gasteiger partial charge is 0.271 e. The van der Waals surface area contributed by atoms with Crippen LogP contribution in [0.25, 0.3) is 6.08 Å². The molecule has 0 saturated heterocycles. The number of nitrogens with one attached hydrogen (secondary N) is 1. The van der Waals surface area contributed by atoms with Crippen molar-refractivity contribution < 1.29 is 14.3 Å². The fourth-order valence-electron chi connectivity index (χ4n) is 5.22. The Bertz CT molecular complexity index is 2160. The maximum absolute atomic E-state index is 14.1. The fraction of sp³-hybridized carbons (Fsp3) is 0.111. The number of rotatable bonds is 8. The molecule has 1 aliphatic rings. The number of methoxy groups -OCH3 is 1. The van der Waals surface area contributed by atoms with Gasteiger partial charge in [-0.05, 0) is 66.6 Å². The van der Waals surface area contributed by atoms with Crippen molar-refractivity contribution >= 4 is 29.0 Å². The van der Waals surface area contributed by atoms with E-state index in [1.165, 1.54) is 11.3 Å². The summed E-state index contributed by atoms with van der Waals surface area (Å²) in [4.78, 5) is 33.1. The summed E-state index contributed by atoms with van der Waals surface area (Å²) in [5, 5.41) is 12.4. The van der Waals surface area contributed by atoms with Crippen LogP contribution in [0.3, 0.4) is 0 Å². The maximum atomic E-state index is 14.1. The van der Waals surface area contributed by atoms with Crippen molar-refractivity contribution in [2.24, 2.45) is 4.99 Å². The van der Waals surface area contributed by atoms with Gasteiger partial charge in [-0.3, -0.25) is 14.2 Å². The second kappa shape index (κ2) is 12.9. The monoisotopic (exact) mass is 612 g/mol. The van der Waals surface area contributed by atoms with Crippen molar-refractivity contribution in [2.45, 2.75) is 19.6 Å². The molecule has 0 aliphatic carbocycles. The topological polar surface area (TPSA) is 106 Å². The number of hydrogen-bond acceptors (Lipinski definition) is 7. The van der Waals surface area contributed by atoms with E-state index in [0.29, 0.717) is 43.4 Å². The summed E-state index contributed by atoms with van der Waals surface area (Å²) in [6, 6.07) is 32.7. The summed E-state index contributed by atoms with van der Waals surface area (Å²) >= 11 is 1.26. The van der Waals surface area contributed by atoms with Gasteiger partial charge in [0.05, 0.1) is 40.6 Å². The highest BCUT2D eigenvalue weighted by atomic mass is 32.1. The minimum Gasteiger partial charge on any atom is -0.497 e. The van der Waals surface area contributed by atoms with E-state index >= 15 is 0 Å². The first-order chi connectivity index (χ1) is 21.9. The molecule has 222 valence electrons. The SMILES string of the molecule is COc1cccc([C@H]2C(C(=O)Nc3ccccc3)=C(C)N=c3s/c(=C\c4cccc(OCc5ccccc5C#N)c4)c(=O)n32)c1. The summed E-state index contributed by atoms with van der Waals surface area (Å²) in [6.45, 7) is 2.03. The first kappa shape index (κ1) is 29.4. The Morgan fingerprint density at radius 2 is 1.76 bits per heavy atom. The molecule has 0 saturated carbocycles. The van der Waals surface area contributed by atoms with Crippen molar-refractivity contribution in [3.63, 3.8) is 0 Å². The van der Waals surface area contributed by atoms with Gasteiger partial charge in [-0.1, -0.05) is 72.0 Å². The Labute approximate surface area is 263 Å². The molecule has 0 bridgehead atoms. The predicted octanol–water partition coefficient (Wildman–Crippen LogP) is 5.33. The van der Waals surface area contributed by atoms with Crippen LogP contribution in [-0.2, 0) is 11.4 Å². The van der Waals surface area contributed by atoms with Crippen LogP contribution in [0, 0.1) is 11.3 Å². The summed E-state index contributed by atoms with van der Waals surface area (Å²) in [5.74, 6) is 0.878. The van der Waals surface area contributed by atoms with Crippen LogP contribution in [0.15, 0.2) is 124 Å². The van der Waals surface area contributed by atoms with E-state index in [-0.39, 0.29) is 18.1 Å². The summed E-state index contributed by atoms with van der Waals surface area (Å²) < 4.78 is 13.5. The molecule has 1 N–H and O–H groups in total. The minimum atomic E-state index is -0.725. The number of para-hydroxylation sites is 1. The second-order valence-electron chi connectivity index (χ2n) is 10.3. The van der Waals surface area contributed by atoms with Crippen molar-refractivity contribution in [3.05, 3.63) is 156 Å². The lowest BCUT2D eigenvalue weighted by molar-refractivity contribution is -0.113. The lowest BCUT2D eigenvalue weighted by Crippen LogP contribution is -2.40. The molecule has 6 rings (SSSR count). The number of allylic oxidation sites excluding steroid dienone is 1. The maximum Gasteiger partial charge on any atom is 0.271 e. The number of hydrogen-bond donors (Lipinski definition) is 1. The molecule has 45 heavy (non-hydrogen) atoms. The standard InChI is InChI=1S/C36H28N4O4S/c1-23-32(34(41)39-28-14-4-3-5-15-28)33(25-13-9-16-29(20-25)43-2)40-35(42)31(45-36(40)38-23)19-24-10-8-17-30(18-24)44-22-27-12-7-6-11-26(27)21-37/h3-20,33H,22H2,1-2H3,(H,39,41)/b31-19-/t33-/m0/s1. The molecule has 1 aliphatic heterocycles. The Morgan fingerprint density at radius 3 is 2.56 bits per heavy atom. The lowest BCUT2D eigenvalue weighted by atomic mass is 9.95. The lowest BCUT2D eigenvalue weighted by Gasteiger charge is -2.25. The van der Waals surface area contributed by atoms with Crippen LogP contribution in [0.1, 0.15) is 35.2 Å². The first-order valence-corrected chi connectivity index (χ1v) is 15.0. The molecule has 2 heterocycles. The number of aromatic nitrogens is 1. The number of fused-ring (bicyclic) bond motifs is 1. The van der Waals surface area contributed by atoms with Gasteiger partial charge in [0.1, 0.15) is 18.1 Å². The van der Waals surface area contributed by atoms with Gasteiger partial charge in [-0.25, -0.2) is 4.99 Å². The van der Waals surface area contributed by atoms with E-state index in [1.807, 2.05) is 97.1 Å². The van der Waals surface area contributed by atoms with Crippen molar-refractivity contribution in [1.82, 2.24) is 4.57 Å². The average Bonchev–Trinajstić information content (AvgIpc) is 3.37. The third-order valence-corrected chi connectivity index (χ3v) is 8.38. The van der Waals surface area contributed by atoms with Crippen molar-refractivity contribution in [2.75, 3.05) is 12.4 Å². The van der Waals surface area contributed by atoms with Gasteiger partial charge >= 0.3 is 0 Å². The fourth-order valence-corrected chi connectivity index (χ4v) is 6.27. The predicted molar refractivity (Wildman–Crippen MR) is 174 cm³/mol. The molecular weight excluding hydrogens is 584 g/mol. The van der Waals surface area contributed by atoms with Gasteiger partial charge in [0, 0.05) is 11.3 Å². The van der Waals surface area contributed by atoms with Gasteiger partial charge in [-0.15, -0.1) is 0 Å². The number of benzene rings is 4. The summed E-state index contributed by atoms with van der Waals surface area (Å²) in [6.07, 6.45) is 1.80. The Balaban J connectivity index is 1.39. The van der Waals surface area contributed by atoms with E-state index in [2.05, 4.69) is 11.4 Å². The molecule has 1 aromatic heterocycles. The number of carbonyl (C=O) groups is 1. The number of nitriles is 1. The van der Waals surface area contributed by atoms with Crippen molar-refractivity contribution in [1.29, 1.82) is 5.26 Å². The largest absolute Gasteiger partial charge is 0.497 e. The number of nitrogens with zero attached hydrogens (tertiary/aromatic N) is 3. The molecule has 1 atom stereocenters. The number of anilines is 1. The van der Waals surface area contributed by atoms with Gasteiger partial charge in [-0.2, -0.15) is 5.26 Å². The van der Waals surface area contributed by atoms with Crippen LogP contribution in [0.2, 0.25) is 0 Å². The average molecular weight is 613 g/mol. The number of thiazole rings is 1. The highest BCUT2D eigenvalue weighted by Gasteiger charge is 2.32. The van der Waals surface area contributed by atoms with Gasteiger partial charge in [0.25, 0.3) is 11.5 Å². The quantitative estimate of drug-likeness (QED) is 0.255. The zero-order valence-electron chi connectivity index (χ0n) is 24.6. The van der Waals surface area contributed by atoms with Crippen LogP contribution in [0.5, 0.6) is 11.5 Å². The second-order valence-corrected chi connectivity index (χ2v) is 11.3. The van der Waals surface area contributed by atoms with E-state index in [1.54, 1.807) is 30.7 Å². The molecule has 5 aromatic rings. The van der Waals surface area contributed by atoms with E-state index in [0.717, 1.165) is 16.7 Å². The zero-order valence-corrected chi connectivity index (χ0v) is 25.4. The molecular formula is C36H28N4O4S. The summed E-state index contributed by atoms with van der Waals surface area (Å²) in [5.41, 5.74) is 4.12. The van der Waals surface area contributed by atoms with Gasteiger partial charge in [0.2, 0.25) is 0 Å². The molecule has 9 heteroatoms. The molecule has 1 amide bonds. The van der Waals surface area contributed by atoms with Crippen LogP contribution < -0.4 is 29.7 Å². The Hall–Kier alpha value is -5.72. The highest BCUT2D eigenvalue weighted by molar-refractivity contribution is 7.07. The van der Waals surface area contributed by atoms with Crippen LogP contribution in [0.4, 0.5) is 5.69 Å². The third-order valence-electron chi connectivity index (χ3n) is 7.40. The molecule has 4 aromatic carbocycles. The Kier molecular flexibility index (Phi) is 8.40. The molecule has 0 unspecified atom stereocenters. The molecule has 0 spiro atoms. The highest BCUT2D eigenvalue weighted by Crippen LogP contribution is 2.32. The minimum absolute atomic E-state index is 0.239. The number of ether oxygens (including phenoxy) is 2. The van der Waals surface area contributed by atoms with E-state index in [9.17, 15) is 14.9 Å². The van der Waals surface area contributed by atoms with Crippen LogP contribution in [-0.4, -0.2) is 17.6 Å². The molecule has 0 radical (unpaired) electrons. The van der Waals surface area contributed by atoms with Crippen molar-refractivity contribution in [3.8, 4) is 17.6 Å². The molecule has 0 fully saturated rings.